The molecule has 126 valence electrons. The van der Waals surface area contributed by atoms with E-state index < -0.39 is 11.2 Å². The number of aromatic nitrogens is 1. The summed E-state index contributed by atoms with van der Waals surface area (Å²) in [4.78, 5) is 26.0. The van der Waals surface area contributed by atoms with Gasteiger partial charge in [-0.1, -0.05) is 30.3 Å². The molecule has 1 amide bonds. The van der Waals surface area contributed by atoms with Crippen molar-refractivity contribution in [3.63, 3.8) is 0 Å². The lowest BCUT2D eigenvalue weighted by Crippen LogP contribution is -2.46. The molecule has 24 heavy (non-hydrogen) atoms. The van der Waals surface area contributed by atoms with Crippen molar-refractivity contribution in [2.45, 2.75) is 12.5 Å². The van der Waals surface area contributed by atoms with Crippen molar-refractivity contribution in [3.05, 3.63) is 64.1 Å². The zero-order valence-electron chi connectivity index (χ0n) is 13.5. The van der Waals surface area contributed by atoms with Crippen LogP contribution in [-0.2, 0) is 11.2 Å². The van der Waals surface area contributed by atoms with Gasteiger partial charge in [0.2, 0.25) is 5.43 Å². The lowest BCUT2D eigenvalue weighted by atomic mass is 10.0. The molecule has 0 bridgehead atoms. The largest absolute Gasteiger partial charge is 0.503 e. The van der Waals surface area contributed by atoms with Crippen LogP contribution >= 0.6 is 0 Å². The Morgan fingerprint density at radius 2 is 1.96 bits per heavy atom. The van der Waals surface area contributed by atoms with Crippen LogP contribution in [0.1, 0.15) is 22.1 Å². The van der Waals surface area contributed by atoms with E-state index in [4.69, 9.17) is 4.74 Å². The Hall–Kier alpha value is -2.60. The van der Waals surface area contributed by atoms with Crippen LogP contribution in [0.4, 0.5) is 0 Å². The molecule has 0 spiro atoms. The third-order valence-corrected chi connectivity index (χ3v) is 4.30. The highest BCUT2D eigenvalue weighted by Gasteiger charge is 2.33. The number of hydrogen-bond donors (Lipinski definition) is 1. The summed E-state index contributed by atoms with van der Waals surface area (Å²) in [6, 6.07) is 11.2. The number of benzene rings is 1. The van der Waals surface area contributed by atoms with Crippen LogP contribution in [0.5, 0.6) is 5.75 Å². The molecule has 0 aliphatic carbocycles. The number of fused-ring (bicyclic) bond motifs is 1. The van der Waals surface area contributed by atoms with Crippen molar-refractivity contribution in [2.24, 2.45) is 0 Å². The smallest absolute Gasteiger partial charge is 0.274 e. The van der Waals surface area contributed by atoms with Gasteiger partial charge in [0.1, 0.15) is 0 Å². The summed E-state index contributed by atoms with van der Waals surface area (Å²) in [5.41, 5.74) is 0.653. The Balaban J connectivity index is 2.00. The van der Waals surface area contributed by atoms with E-state index in [1.54, 1.807) is 22.8 Å². The number of methoxy groups -OCH3 is 1. The van der Waals surface area contributed by atoms with Gasteiger partial charge >= 0.3 is 0 Å². The molecule has 1 N–H and O–H groups in total. The second-order valence-electron chi connectivity index (χ2n) is 5.87. The summed E-state index contributed by atoms with van der Waals surface area (Å²) in [6.45, 7) is 1.33. The van der Waals surface area contributed by atoms with Crippen molar-refractivity contribution in [1.82, 2.24) is 9.47 Å². The average molecular weight is 328 g/mol. The Morgan fingerprint density at radius 1 is 1.21 bits per heavy atom. The van der Waals surface area contributed by atoms with Crippen LogP contribution in [0.25, 0.3) is 0 Å². The summed E-state index contributed by atoms with van der Waals surface area (Å²) < 4.78 is 6.78. The molecule has 0 saturated carbocycles. The second-order valence-corrected chi connectivity index (χ2v) is 5.87. The first kappa shape index (κ1) is 16.3. The summed E-state index contributed by atoms with van der Waals surface area (Å²) in [7, 11) is 1.58. The zero-order valence-corrected chi connectivity index (χ0v) is 13.5. The number of carbonyl (C=O) groups is 1. The summed E-state index contributed by atoms with van der Waals surface area (Å²) in [6.07, 6.45) is 2.30. The highest BCUT2D eigenvalue weighted by atomic mass is 16.5. The third-order valence-electron chi connectivity index (χ3n) is 4.30. The zero-order chi connectivity index (χ0) is 17.1. The number of carbonyl (C=O) groups excluding carboxylic acids is 1. The summed E-state index contributed by atoms with van der Waals surface area (Å²) >= 11 is 0. The monoisotopic (exact) mass is 328 g/mol. The first-order chi connectivity index (χ1) is 11.6. The molecule has 0 saturated heterocycles. The van der Waals surface area contributed by atoms with E-state index in [1.807, 2.05) is 30.3 Å². The lowest BCUT2D eigenvalue weighted by molar-refractivity contribution is 0.0592. The van der Waals surface area contributed by atoms with Crippen molar-refractivity contribution >= 4 is 5.91 Å². The van der Waals surface area contributed by atoms with E-state index in [2.05, 4.69) is 0 Å². The van der Waals surface area contributed by atoms with Crippen molar-refractivity contribution in [3.8, 4) is 5.75 Å². The Bertz CT molecular complexity index is 785. The minimum absolute atomic E-state index is 0.0524. The average Bonchev–Trinajstić information content (AvgIpc) is 2.59. The van der Waals surface area contributed by atoms with E-state index in [1.165, 1.54) is 6.07 Å². The molecule has 3 rings (SSSR count). The molecular weight excluding hydrogens is 308 g/mol. The third kappa shape index (κ3) is 3.05. The minimum atomic E-state index is -0.540. The number of pyridine rings is 1. The molecule has 2 aromatic rings. The van der Waals surface area contributed by atoms with Gasteiger partial charge in [0.05, 0.1) is 12.6 Å². The van der Waals surface area contributed by atoms with Gasteiger partial charge in [-0.2, -0.15) is 0 Å². The first-order valence-electron chi connectivity index (χ1n) is 7.88. The van der Waals surface area contributed by atoms with Gasteiger partial charge in [-0.15, -0.1) is 0 Å². The van der Waals surface area contributed by atoms with E-state index in [0.717, 1.165) is 5.56 Å². The van der Waals surface area contributed by atoms with Crippen LogP contribution in [0.15, 0.2) is 47.4 Å². The Labute approximate surface area is 139 Å². The molecule has 1 aliphatic heterocycles. The normalized spacial score (nSPS) is 17.0. The highest BCUT2D eigenvalue weighted by Crippen LogP contribution is 2.27. The molecule has 1 aromatic heterocycles. The fraction of sp³-hybridized carbons (Fsp3) is 0.333. The van der Waals surface area contributed by atoms with Gasteiger partial charge in [-0.05, 0) is 12.0 Å². The number of aromatic hydroxyl groups is 1. The minimum Gasteiger partial charge on any atom is -0.503 e. The summed E-state index contributed by atoms with van der Waals surface area (Å²) in [5.74, 6) is -0.825. The van der Waals surface area contributed by atoms with E-state index in [0.29, 0.717) is 26.1 Å². The van der Waals surface area contributed by atoms with Crippen LogP contribution in [-0.4, -0.2) is 47.3 Å². The first-order valence-corrected chi connectivity index (χ1v) is 7.88. The van der Waals surface area contributed by atoms with Gasteiger partial charge in [-0.3, -0.25) is 9.59 Å². The number of nitrogens with zero attached hydrogens (tertiary/aromatic N) is 2. The predicted octanol–water partition coefficient (Wildman–Crippen LogP) is 1.44. The van der Waals surface area contributed by atoms with E-state index >= 15 is 0 Å². The maximum Gasteiger partial charge on any atom is 0.274 e. The van der Waals surface area contributed by atoms with Crippen LogP contribution in [0.3, 0.4) is 0 Å². The standard InChI is InChI=1S/C18H20N2O4/c1-24-10-9-19-12-14(11-13-5-3-2-4-6-13)20-8-7-15(21)17(22)16(20)18(19)23/h2-8,14,22H,9-12H2,1H3/t14-/m0/s1. The molecular formula is C18H20N2O4. The fourth-order valence-corrected chi connectivity index (χ4v) is 3.07. The molecule has 1 aromatic carbocycles. The van der Waals surface area contributed by atoms with Crippen molar-refractivity contribution in [2.75, 3.05) is 26.8 Å². The van der Waals surface area contributed by atoms with E-state index in [9.17, 15) is 14.7 Å². The molecule has 0 radical (unpaired) electrons. The SMILES string of the molecule is COCCN1C[C@H](Cc2ccccc2)n2ccc(=O)c(O)c2C1=O. The van der Waals surface area contributed by atoms with Crippen LogP contribution < -0.4 is 5.43 Å². The molecule has 2 heterocycles. The quantitative estimate of drug-likeness (QED) is 0.901. The second kappa shape index (κ2) is 6.88. The molecule has 6 nitrogen and oxygen atoms in total. The molecule has 0 fully saturated rings. The van der Waals surface area contributed by atoms with Crippen molar-refractivity contribution in [1.29, 1.82) is 0 Å². The van der Waals surface area contributed by atoms with Gasteiger partial charge in [0.25, 0.3) is 5.91 Å². The lowest BCUT2D eigenvalue weighted by Gasteiger charge is -2.36. The fourth-order valence-electron chi connectivity index (χ4n) is 3.07. The highest BCUT2D eigenvalue weighted by molar-refractivity contribution is 5.95. The maximum atomic E-state index is 12.6. The molecule has 6 heteroatoms. The number of hydrogen-bond acceptors (Lipinski definition) is 4. The van der Waals surface area contributed by atoms with E-state index in [-0.39, 0.29) is 17.6 Å². The number of amides is 1. The predicted molar refractivity (Wildman–Crippen MR) is 89.3 cm³/mol. The molecule has 1 atom stereocenters. The topological polar surface area (TPSA) is 71.8 Å². The maximum absolute atomic E-state index is 12.6. The molecule has 1 aliphatic rings. The Morgan fingerprint density at radius 3 is 2.67 bits per heavy atom. The van der Waals surface area contributed by atoms with Gasteiger partial charge in [0.15, 0.2) is 11.4 Å². The summed E-state index contributed by atoms with van der Waals surface area (Å²) in [5, 5.41) is 10.1. The van der Waals surface area contributed by atoms with Gasteiger partial charge < -0.3 is 19.3 Å². The number of ether oxygens (including phenoxy) is 1. The van der Waals surface area contributed by atoms with Gasteiger partial charge in [0, 0.05) is 32.5 Å². The van der Waals surface area contributed by atoms with Gasteiger partial charge in [-0.25, -0.2) is 0 Å². The van der Waals surface area contributed by atoms with Crippen molar-refractivity contribution < 1.29 is 14.6 Å². The Kier molecular flexibility index (Phi) is 4.66. The molecule has 0 unspecified atom stereocenters. The van der Waals surface area contributed by atoms with Crippen LogP contribution in [0.2, 0.25) is 0 Å². The van der Waals surface area contributed by atoms with Crippen LogP contribution in [0, 0.1) is 0 Å². The number of rotatable bonds is 5.